The Morgan fingerprint density at radius 2 is 0.742 bits per heavy atom. The van der Waals surface area contributed by atoms with Gasteiger partial charge in [0.2, 0.25) is 0 Å². The molecule has 0 aliphatic carbocycles. The Bertz CT molecular complexity index is 997. The topological polar surface area (TPSA) is 18.5 Å². The maximum absolute atomic E-state index is 13.0. The molecule has 0 atom stereocenters. The Balaban J connectivity index is 1.27. The molecule has 0 spiro atoms. The molecule has 0 unspecified atom stereocenters. The van der Waals surface area contributed by atoms with Crippen molar-refractivity contribution in [2.75, 3.05) is 0 Å². The largest absolute Gasteiger partial charge is 0.489 e. The highest BCUT2D eigenvalue weighted by Crippen LogP contribution is 2.19. The second-order valence-electron chi connectivity index (χ2n) is 7.29. The van der Waals surface area contributed by atoms with Gasteiger partial charge in [-0.2, -0.15) is 0 Å². The Labute approximate surface area is 180 Å². The third-order valence-corrected chi connectivity index (χ3v) is 4.89. The SMILES string of the molecule is Fc1ccc(COc2ccc(Cc3ccc(OCc4ccc(F)cc4)cc3)cc2)cc1. The zero-order valence-corrected chi connectivity index (χ0v) is 16.9. The van der Waals surface area contributed by atoms with Crippen LogP contribution in [0.5, 0.6) is 11.5 Å². The first-order valence-corrected chi connectivity index (χ1v) is 10.1. The molecule has 156 valence electrons. The lowest BCUT2D eigenvalue weighted by molar-refractivity contribution is 0.306. The summed E-state index contributed by atoms with van der Waals surface area (Å²) >= 11 is 0. The van der Waals surface area contributed by atoms with Gasteiger partial charge in [-0.3, -0.25) is 0 Å². The van der Waals surface area contributed by atoms with Gasteiger partial charge >= 0.3 is 0 Å². The molecule has 4 aromatic rings. The second kappa shape index (κ2) is 9.90. The van der Waals surface area contributed by atoms with Crippen molar-refractivity contribution in [1.29, 1.82) is 0 Å². The maximum Gasteiger partial charge on any atom is 0.123 e. The number of halogens is 2. The predicted octanol–water partition coefficient (Wildman–Crippen LogP) is 6.71. The molecule has 2 nitrogen and oxygen atoms in total. The van der Waals surface area contributed by atoms with E-state index in [4.69, 9.17) is 9.47 Å². The molecule has 4 rings (SSSR count). The predicted molar refractivity (Wildman–Crippen MR) is 117 cm³/mol. The first-order chi connectivity index (χ1) is 15.1. The first kappa shape index (κ1) is 20.6. The van der Waals surface area contributed by atoms with Crippen LogP contribution in [0.25, 0.3) is 0 Å². The van der Waals surface area contributed by atoms with Crippen LogP contribution in [0.3, 0.4) is 0 Å². The maximum atomic E-state index is 13.0. The standard InChI is InChI=1S/C27H22F2O2/c28-24-9-1-22(2-10-24)18-30-26-13-5-20(6-14-26)17-21-7-15-27(16-8-21)31-19-23-3-11-25(29)12-4-23/h1-16H,17-19H2. The highest BCUT2D eigenvalue weighted by molar-refractivity contribution is 5.34. The van der Waals surface area contributed by atoms with Crippen molar-refractivity contribution in [3.8, 4) is 11.5 Å². The number of ether oxygens (including phenoxy) is 2. The van der Waals surface area contributed by atoms with Crippen molar-refractivity contribution in [2.45, 2.75) is 19.6 Å². The van der Waals surface area contributed by atoms with Gasteiger partial charge in [-0.1, -0.05) is 48.5 Å². The van der Waals surface area contributed by atoms with E-state index < -0.39 is 0 Å². The molecule has 0 heterocycles. The van der Waals surface area contributed by atoms with Gasteiger partial charge in [-0.15, -0.1) is 0 Å². The molecule has 0 radical (unpaired) electrons. The Hall–Kier alpha value is -3.66. The van der Waals surface area contributed by atoms with Gasteiger partial charge in [-0.25, -0.2) is 8.78 Å². The zero-order valence-electron chi connectivity index (χ0n) is 16.9. The van der Waals surface area contributed by atoms with Crippen LogP contribution >= 0.6 is 0 Å². The molecular weight excluding hydrogens is 394 g/mol. The summed E-state index contributed by atoms with van der Waals surface area (Å²) in [4.78, 5) is 0. The lowest BCUT2D eigenvalue weighted by atomic mass is 10.0. The molecule has 0 bridgehead atoms. The van der Waals surface area contributed by atoms with Crippen molar-refractivity contribution >= 4 is 0 Å². The average Bonchev–Trinajstić information content (AvgIpc) is 2.80. The van der Waals surface area contributed by atoms with Crippen molar-refractivity contribution in [3.05, 3.63) is 131 Å². The first-order valence-electron chi connectivity index (χ1n) is 10.1. The minimum atomic E-state index is -0.249. The molecule has 0 N–H and O–H groups in total. The van der Waals surface area contributed by atoms with Crippen LogP contribution in [0.2, 0.25) is 0 Å². The summed E-state index contributed by atoms with van der Waals surface area (Å²) in [6, 6.07) is 28.5. The second-order valence-corrected chi connectivity index (χ2v) is 7.29. The van der Waals surface area contributed by atoms with E-state index >= 15 is 0 Å². The molecular formula is C27H22F2O2. The normalized spacial score (nSPS) is 10.6. The molecule has 0 saturated carbocycles. The minimum Gasteiger partial charge on any atom is -0.489 e. The van der Waals surface area contributed by atoms with Crippen LogP contribution in [0.1, 0.15) is 22.3 Å². The smallest absolute Gasteiger partial charge is 0.123 e. The molecule has 0 aliphatic heterocycles. The van der Waals surface area contributed by atoms with Crippen molar-refractivity contribution in [2.24, 2.45) is 0 Å². The van der Waals surface area contributed by atoms with Crippen LogP contribution in [-0.4, -0.2) is 0 Å². The van der Waals surface area contributed by atoms with Crippen molar-refractivity contribution in [3.63, 3.8) is 0 Å². The van der Waals surface area contributed by atoms with Gasteiger partial charge in [-0.05, 0) is 77.2 Å². The fourth-order valence-electron chi connectivity index (χ4n) is 3.14. The highest BCUT2D eigenvalue weighted by atomic mass is 19.1. The summed E-state index contributed by atoms with van der Waals surface area (Å²) < 4.78 is 37.4. The lowest BCUT2D eigenvalue weighted by Crippen LogP contribution is -1.96. The number of hydrogen-bond acceptors (Lipinski definition) is 2. The van der Waals surface area contributed by atoms with E-state index in [1.54, 1.807) is 24.3 Å². The summed E-state index contributed by atoms with van der Waals surface area (Å²) in [6.45, 7) is 0.804. The van der Waals surface area contributed by atoms with Crippen LogP contribution in [-0.2, 0) is 19.6 Å². The fraction of sp³-hybridized carbons (Fsp3) is 0.111. The third-order valence-electron chi connectivity index (χ3n) is 4.89. The summed E-state index contributed by atoms with van der Waals surface area (Å²) in [5, 5.41) is 0. The van der Waals surface area contributed by atoms with Gasteiger partial charge in [0, 0.05) is 0 Å². The zero-order chi connectivity index (χ0) is 21.5. The van der Waals surface area contributed by atoms with Crippen LogP contribution < -0.4 is 9.47 Å². The molecule has 0 amide bonds. The molecule has 31 heavy (non-hydrogen) atoms. The number of benzene rings is 4. The van der Waals surface area contributed by atoms with E-state index in [0.717, 1.165) is 29.0 Å². The van der Waals surface area contributed by atoms with Crippen LogP contribution in [0.4, 0.5) is 8.78 Å². The van der Waals surface area contributed by atoms with Crippen molar-refractivity contribution < 1.29 is 18.3 Å². The van der Waals surface area contributed by atoms with Crippen LogP contribution in [0.15, 0.2) is 97.1 Å². The molecule has 0 fully saturated rings. The molecule has 4 heteroatoms. The number of rotatable bonds is 8. The summed E-state index contributed by atoms with van der Waals surface area (Å²) in [6.07, 6.45) is 0.802. The third kappa shape index (κ3) is 6.16. The average molecular weight is 416 g/mol. The van der Waals surface area contributed by atoms with E-state index in [2.05, 4.69) is 0 Å². The monoisotopic (exact) mass is 416 g/mol. The Morgan fingerprint density at radius 3 is 1.10 bits per heavy atom. The quantitative estimate of drug-likeness (QED) is 0.318. The summed E-state index contributed by atoms with van der Waals surface area (Å²) in [7, 11) is 0. The van der Waals surface area contributed by atoms with E-state index in [9.17, 15) is 8.78 Å². The fourth-order valence-corrected chi connectivity index (χ4v) is 3.14. The van der Waals surface area contributed by atoms with Gasteiger partial charge in [0.15, 0.2) is 0 Å². The molecule has 4 aromatic carbocycles. The van der Waals surface area contributed by atoms with E-state index in [0.29, 0.717) is 13.2 Å². The van der Waals surface area contributed by atoms with Crippen molar-refractivity contribution in [1.82, 2.24) is 0 Å². The van der Waals surface area contributed by atoms with E-state index in [-0.39, 0.29) is 11.6 Å². The Kier molecular flexibility index (Phi) is 6.58. The summed E-state index contributed by atoms with van der Waals surface area (Å²) in [5.41, 5.74) is 4.20. The van der Waals surface area contributed by atoms with Gasteiger partial charge in [0.25, 0.3) is 0 Å². The minimum absolute atomic E-state index is 0.249. The lowest BCUT2D eigenvalue weighted by Gasteiger charge is -2.09. The van der Waals surface area contributed by atoms with Crippen LogP contribution in [0, 0.1) is 11.6 Å². The van der Waals surface area contributed by atoms with Gasteiger partial charge in [0.1, 0.15) is 36.3 Å². The number of hydrogen-bond donors (Lipinski definition) is 0. The summed E-state index contributed by atoms with van der Waals surface area (Å²) in [5.74, 6) is 1.05. The molecule has 0 aliphatic rings. The Morgan fingerprint density at radius 1 is 0.419 bits per heavy atom. The van der Waals surface area contributed by atoms with Gasteiger partial charge < -0.3 is 9.47 Å². The van der Waals surface area contributed by atoms with E-state index in [1.165, 1.54) is 35.4 Å². The molecule has 0 saturated heterocycles. The highest BCUT2D eigenvalue weighted by Gasteiger charge is 2.02. The van der Waals surface area contributed by atoms with E-state index in [1.807, 2.05) is 48.5 Å². The van der Waals surface area contributed by atoms with Gasteiger partial charge in [0.05, 0.1) is 0 Å². The molecule has 0 aromatic heterocycles.